The van der Waals surface area contributed by atoms with Gasteiger partial charge in [-0.3, -0.25) is 19.8 Å². The maximum Gasteiger partial charge on any atom is 0.306 e. The third-order valence-corrected chi connectivity index (χ3v) is 3.00. The molecule has 0 fully saturated rings. The molecule has 0 amide bonds. The van der Waals surface area contributed by atoms with Crippen LogP contribution in [0, 0.1) is 10.1 Å². The number of nitrogens with zero attached hydrogens (tertiary/aromatic N) is 2. The Labute approximate surface area is 123 Å². The number of carbonyl (C=O) groups is 1. The Morgan fingerprint density at radius 1 is 1.33 bits per heavy atom. The van der Waals surface area contributed by atoms with Gasteiger partial charge in [-0.05, 0) is 5.56 Å². The summed E-state index contributed by atoms with van der Waals surface area (Å²) in [5.41, 5.74) is 0.886. The number of rotatable bonds is 9. The maximum absolute atomic E-state index is 11.2. The third kappa shape index (κ3) is 6.33. The lowest BCUT2D eigenvalue weighted by atomic mass is 10.2. The number of nitro groups is 1. The van der Waals surface area contributed by atoms with Crippen molar-refractivity contribution in [2.24, 2.45) is 0 Å². The molecule has 0 bridgehead atoms. The summed E-state index contributed by atoms with van der Waals surface area (Å²) in [5, 5.41) is 10.8. The molecule has 0 aliphatic rings. The van der Waals surface area contributed by atoms with Gasteiger partial charge in [-0.2, -0.15) is 0 Å². The first kappa shape index (κ1) is 17.1. The van der Waals surface area contributed by atoms with Crippen molar-refractivity contribution >= 4 is 11.7 Å². The number of benzene rings is 1. The van der Waals surface area contributed by atoms with Crippen molar-refractivity contribution in [3.8, 4) is 0 Å². The first-order chi connectivity index (χ1) is 10.1. The fourth-order valence-electron chi connectivity index (χ4n) is 1.87. The van der Waals surface area contributed by atoms with Gasteiger partial charge in [-0.25, -0.2) is 0 Å². The van der Waals surface area contributed by atoms with Gasteiger partial charge in [0.15, 0.2) is 0 Å². The van der Waals surface area contributed by atoms with Crippen LogP contribution in [0.2, 0.25) is 0 Å². The summed E-state index contributed by atoms with van der Waals surface area (Å²) in [6.45, 7) is 2.19. The molecule has 0 N–H and O–H groups in total. The Morgan fingerprint density at radius 2 is 2.10 bits per heavy atom. The molecule has 0 saturated heterocycles. The molecule has 7 nitrogen and oxygen atoms in total. The van der Waals surface area contributed by atoms with E-state index in [0.29, 0.717) is 26.2 Å². The highest BCUT2D eigenvalue weighted by Gasteiger charge is 2.11. The van der Waals surface area contributed by atoms with Crippen molar-refractivity contribution in [1.29, 1.82) is 0 Å². The van der Waals surface area contributed by atoms with Crippen LogP contribution in [-0.2, 0) is 20.8 Å². The molecule has 0 atom stereocenters. The van der Waals surface area contributed by atoms with Gasteiger partial charge in [-0.1, -0.05) is 12.1 Å². The maximum atomic E-state index is 11.2. The van der Waals surface area contributed by atoms with Gasteiger partial charge in [0.1, 0.15) is 0 Å². The highest BCUT2D eigenvalue weighted by Crippen LogP contribution is 2.15. The van der Waals surface area contributed by atoms with E-state index in [1.54, 1.807) is 13.2 Å². The summed E-state index contributed by atoms with van der Waals surface area (Å²) in [6, 6.07) is 6.47. The van der Waals surface area contributed by atoms with Crippen LogP contribution in [0.5, 0.6) is 0 Å². The van der Waals surface area contributed by atoms with Crippen LogP contribution in [0.3, 0.4) is 0 Å². The quantitative estimate of drug-likeness (QED) is 0.391. The third-order valence-electron chi connectivity index (χ3n) is 3.00. The van der Waals surface area contributed by atoms with Crippen LogP contribution in [0.25, 0.3) is 0 Å². The zero-order valence-electron chi connectivity index (χ0n) is 12.3. The summed E-state index contributed by atoms with van der Waals surface area (Å²) >= 11 is 0. The molecule has 0 spiro atoms. The number of esters is 1. The second-order valence-corrected chi connectivity index (χ2v) is 4.52. The highest BCUT2D eigenvalue weighted by molar-refractivity contribution is 5.69. The molecule has 116 valence electrons. The molecule has 21 heavy (non-hydrogen) atoms. The van der Waals surface area contributed by atoms with E-state index in [4.69, 9.17) is 4.74 Å². The Kier molecular flexibility index (Phi) is 7.34. The van der Waals surface area contributed by atoms with Crippen LogP contribution in [-0.4, -0.2) is 49.7 Å². The molecule has 0 radical (unpaired) electrons. The Hall–Kier alpha value is -1.99. The molecule has 0 heterocycles. The van der Waals surface area contributed by atoms with Gasteiger partial charge in [-0.15, -0.1) is 0 Å². The van der Waals surface area contributed by atoms with Gasteiger partial charge >= 0.3 is 5.97 Å². The summed E-state index contributed by atoms with van der Waals surface area (Å²) in [4.78, 5) is 23.6. The normalized spacial score (nSPS) is 10.6. The second-order valence-electron chi connectivity index (χ2n) is 4.52. The van der Waals surface area contributed by atoms with Crippen molar-refractivity contribution in [2.75, 3.05) is 33.9 Å². The Morgan fingerprint density at radius 3 is 2.71 bits per heavy atom. The fraction of sp³-hybridized carbons (Fsp3) is 0.500. The van der Waals surface area contributed by atoms with E-state index in [1.807, 2.05) is 11.0 Å². The monoisotopic (exact) mass is 296 g/mol. The summed E-state index contributed by atoms with van der Waals surface area (Å²) in [5.74, 6) is -0.281. The van der Waals surface area contributed by atoms with E-state index in [-0.39, 0.29) is 18.1 Å². The second kappa shape index (κ2) is 9.04. The van der Waals surface area contributed by atoms with E-state index in [2.05, 4.69) is 4.74 Å². The number of methoxy groups -OCH3 is 2. The minimum absolute atomic E-state index is 0.0622. The smallest absolute Gasteiger partial charge is 0.306 e. The Balaban J connectivity index is 2.68. The number of non-ortho nitro benzene ring substituents is 1. The molecular weight excluding hydrogens is 276 g/mol. The topological polar surface area (TPSA) is 81.9 Å². The van der Waals surface area contributed by atoms with Crippen molar-refractivity contribution in [1.82, 2.24) is 4.90 Å². The number of nitro benzene ring substituents is 1. The predicted molar refractivity (Wildman–Crippen MR) is 76.9 cm³/mol. The van der Waals surface area contributed by atoms with Crippen LogP contribution in [0.1, 0.15) is 12.0 Å². The van der Waals surface area contributed by atoms with Crippen LogP contribution in [0.15, 0.2) is 24.3 Å². The largest absolute Gasteiger partial charge is 0.469 e. The van der Waals surface area contributed by atoms with E-state index < -0.39 is 4.92 Å². The standard InChI is InChI=1S/C14H20N2O5/c1-20-9-8-15(7-6-14(17)21-2)11-12-4-3-5-13(10-12)16(18)19/h3-5,10H,6-9,11H2,1-2H3. The number of carbonyl (C=O) groups excluding carboxylic acids is 1. The van der Waals surface area contributed by atoms with Gasteiger partial charge in [0.25, 0.3) is 5.69 Å². The van der Waals surface area contributed by atoms with Crippen molar-refractivity contribution in [3.63, 3.8) is 0 Å². The lowest BCUT2D eigenvalue weighted by molar-refractivity contribution is -0.384. The molecule has 0 unspecified atom stereocenters. The van der Waals surface area contributed by atoms with Crippen molar-refractivity contribution in [2.45, 2.75) is 13.0 Å². The summed E-state index contributed by atoms with van der Waals surface area (Å²) in [6.07, 6.45) is 0.273. The molecular formula is C14H20N2O5. The minimum Gasteiger partial charge on any atom is -0.469 e. The molecule has 7 heteroatoms. The van der Waals surface area contributed by atoms with Gasteiger partial charge in [0.05, 0.1) is 25.1 Å². The van der Waals surface area contributed by atoms with Crippen LogP contribution in [0.4, 0.5) is 5.69 Å². The first-order valence-corrected chi connectivity index (χ1v) is 6.58. The Bertz CT molecular complexity index is 478. The van der Waals surface area contributed by atoms with Crippen LogP contribution < -0.4 is 0 Å². The van der Waals surface area contributed by atoms with Crippen LogP contribution >= 0.6 is 0 Å². The molecule has 1 aromatic carbocycles. The summed E-state index contributed by atoms with van der Waals surface area (Å²) < 4.78 is 9.66. The zero-order chi connectivity index (χ0) is 15.7. The van der Waals surface area contributed by atoms with Crippen molar-refractivity contribution in [3.05, 3.63) is 39.9 Å². The number of hydrogen-bond acceptors (Lipinski definition) is 6. The number of hydrogen-bond donors (Lipinski definition) is 0. The fourth-order valence-corrected chi connectivity index (χ4v) is 1.87. The lowest BCUT2D eigenvalue weighted by Gasteiger charge is -2.21. The van der Waals surface area contributed by atoms with E-state index in [0.717, 1.165) is 5.56 Å². The minimum atomic E-state index is -0.419. The molecule has 1 rings (SSSR count). The first-order valence-electron chi connectivity index (χ1n) is 6.58. The average Bonchev–Trinajstić information content (AvgIpc) is 2.49. The SMILES string of the molecule is COCCN(CCC(=O)OC)Cc1cccc([N+](=O)[O-])c1. The molecule has 0 aromatic heterocycles. The van der Waals surface area contributed by atoms with E-state index in [9.17, 15) is 14.9 Å². The van der Waals surface area contributed by atoms with Gasteiger partial charge < -0.3 is 9.47 Å². The molecule has 1 aromatic rings. The average molecular weight is 296 g/mol. The predicted octanol–water partition coefficient (Wildman–Crippen LogP) is 1.61. The summed E-state index contributed by atoms with van der Waals surface area (Å²) in [7, 11) is 2.95. The van der Waals surface area contributed by atoms with E-state index in [1.165, 1.54) is 19.2 Å². The van der Waals surface area contributed by atoms with E-state index >= 15 is 0 Å². The molecule has 0 aliphatic carbocycles. The lowest BCUT2D eigenvalue weighted by Crippen LogP contribution is -2.29. The van der Waals surface area contributed by atoms with Gasteiger partial charge in [0, 0.05) is 38.9 Å². The molecule has 0 saturated carbocycles. The zero-order valence-corrected chi connectivity index (χ0v) is 12.3. The highest BCUT2D eigenvalue weighted by atomic mass is 16.6. The molecule has 0 aliphatic heterocycles. The van der Waals surface area contributed by atoms with Gasteiger partial charge in [0.2, 0.25) is 0 Å². The van der Waals surface area contributed by atoms with Crippen molar-refractivity contribution < 1.29 is 19.2 Å². The number of ether oxygens (including phenoxy) is 2.